The third-order valence-corrected chi connectivity index (χ3v) is 4.39. The number of nitrogens with one attached hydrogen (secondary N) is 1. The SMILES string of the molecule is COCCOCC(O)CSc1cccc(CNC2CC2)c1. The number of hydrogen-bond donors (Lipinski definition) is 2. The van der Waals surface area contributed by atoms with Crippen molar-refractivity contribution in [1.82, 2.24) is 5.32 Å². The smallest absolute Gasteiger partial charge is 0.0867 e. The Morgan fingerprint density at radius 2 is 2.24 bits per heavy atom. The molecule has 0 radical (unpaired) electrons. The van der Waals surface area contributed by atoms with E-state index in [1.807, 2.05) is 0 Å². The van der Waals surface area contributed by atoms with Crippen LogP contribution in [-0.4, -0.2) is 49.9 Å². The Labute approximate surface area is 131 Å². The quantitative estimate of drug-likeness (QED) is 0.484. The summed E-state index contributed by atoms with van der Waals surface area (Å²) in [4.78, 5) is 1.20. The summed E-state index contributed by atoms with van der Waals surface area (Å²) in [6.45, 7) is 2.39. The number of rotatable bonds is 11. The molecular formula is C16H25NO3S. The van der Waals surface area contributed by atoms with E-state index in [0.29, 0.717) is 25.6 Å². The number of ether oxygens (including phenoxy) is 2. The van der Waals surface area contributed by atoms with E-state index in [9.17, 15) is 5.11 Å². The minimum absolute atomic E-state index is 0.360. The van der Waals surface area contributed by atoms with Crippen molar-refractivity contribution in [1.29, 1.82) is 0 Å². The van der Waals surface area contributed by atoms with Gasteiger partial charge in [-0.2, -0.15) is 0 Å². The lowest BCUT2D eigenvalue weighted by atomic mass is 10.2. The van der Waals surface area contributed by atoms with Gasteiger partial charge in [0.05, 0.1) is 25.9 Å². The Kier molecular flexibility index (Phi) is 7.53. The Morgan fingerprint density at radius 3 is 3.00 bits per heavy atom. The summed E-state index contributed by atoms with van der Waals surface area (Å²) in [5, 5.41) is 13.4. The van der Waals surface area contributed by atoms with Crippen molar-refractivity contribution in [3.63, 3.8) is 0 Å². The van der Waals surface area contributed by atoms with Crippen molar-refractivity contribution in [3.8, 4) is 0 Å². The average molecular weight is 311 g/mol. The van der Waals surface area contributed by atoms with E-state index in [-0.39, 0.29) is 0 Å². The van der Waals surface area contributed by atoms with Crippen LogP contribution in [0.3, 0.4) is 0 Å². The van der Waals surface area contributed by atoms with E-state index in [1.165, 1.54) is 23.3 Å². The van der Waals surface area contributed by atoms with Crippen LogP contribution in [0, 0.1) is 0 Å². The normalized spacial score (nSPS) is 16.1. The lowest BCUT2D eigenvalue weighted by Gasteiger charge is -2.11. The second kappa shape index (κ2) is 9.43. The summed E-state index contributed by atoms with van der Waals surface area (Å²) in [5.41, 5.74) is 1.30. The van der Waals surface area contributed by atoms with Gasteiger partial charge in [-0.25, -0.2) is 0 Å². The van der Waals surface area contributed by atoms with Crippen LogP contribution in [0.25, 0.3) is 0 Å². The third-order valence-electron chi connectivity index (χ3n) is 3.26. The van der Waals surface area contributed by atoms with E-state index >= 15 is 0 Å². The fraction of sp³-hybridized carbons (Fsp3) is 0.625. The Balaban J connectivity index is 1.65. The molecule has 0 saturated heterocycles. The molecule has 0 bridgehead atoms. The molecule has 0 aliphatic heterocycles. The molecule has 1 atom stereocenters. The first-order valence-electron chi connectivity index (χ1n) is 7.48. The van der Waals surface area contributed by atoms with Crippen molar-refractivity contribution < 1.29 is 14.6 Å². The molecule has 2 N–H and O–H groups in total. The van der Waals surface area contributed by atoms with Crippen molar-refractivity contribution in [3.05, 3.63) is 29.8 Å². The lowest BCUT2D eigenvalue weighted by Crippen LogP contribution is -2.19. The van der Waals surface area contributed by atoms with Gasteiger partial charge in [0, 0.05) is 30.3 Å². The fourth-order valence-corrected chi connectivity index (χ4v) is 2.79. The molecule has 1 aliphatic rings. The van der Waals surface area contributed by atoms with Crippen LogP contribution < -0.4 is 5.32 Å². The number of benzene rings is 1. The maximum atomic E-state index is 9.86. The number of thioether (sulfide) groups is 1. The first-order valence-corrected chi connectivity index (χ1v) is 8.46. The van der Waals surface area contributed by atoms with Gasteiger partial charge in [-0.15, -0.1) is 11.8 Å². The zero-order chi connectivity index (χ0) is 14.9. The molecule has 0 aromatic heterocycles. The van der Waals surface area contributed by atoms with E-state index in [2.05, 4.69) is 29.6 Å². The van der Waals surface area contributed by atoms with Gasteiger partial charge in [-0.05, 0) is 30.5 Å². The Hall–Kier alpha value is -0.590. The monoisotopic (exact) mass is 311 g/mol. The standard InChI is InChI=1S/C16H25NO3S/c1-19-7-8-20-11-15(18)12-21-16-4-2-3-13(9-16)10-17-14-5-6-14/h2-4,9,14-15,17-18H,5-8,10-12H2,1H3. The molecule has 1 aromatic carbocycles. The zero-order valence-electron chi connectivity index (χ0n) is 12.6. The molecule has 1 fully saturated rings. The number of aliphatic hydroxyl groups is 1. The highest BCUT2D eigenvalue weighted by Gasteiger charge is 2.19. The summed E-state index contributed by atoms with van der Waals surface area (Å²) >= 11 is 1.67. The van der Waals surface area contributed by atoms with Crippen LogP contribution in [0.2, 0.25) is 0 Å². The van der Waals surface area contributed by atoms with Gasteiger partial charge in [-0.1, -0.05) is 12.1 Å². The van der Waals surface area contributed by atoms with E-state index < -0.39 is 6.10 Å². The highest BCUT2D eigenvalue weighted by atomic mass is 32.2. The Morgan fingerprint density at radius 1 is 1.38 bits per heavy atom. The largest absolute Gasteiger partial charge is 0.390 e. The number of hydrogen-bond acceptors (Lipinski definition) is 5. The van der Waals surface area contributed by atoms with Gasteiger partial charge in [0.25, 0.3) is 0 Å². The summed E-state index contributed by atoms with van der Waals surface area (Å²) in [6, 6.07) is 9.23. The fourth-order valence-electron chi connectivity index (χ4n) is 1.90. The topological polar surface area (TPSA) is 50.7 Å². The predicted octanol–water partition coefficient (Wildman–Crippen LogP) is 2.05. The van der Waals surface area contributed by atoms with Gasteiger partial charge >= 0.3 is 0 Å². The zero-order valence-corrected chi connectivity index (χ0v) is 13.4. The molecule has 1 saturated carbocycles. The third kappa shape index (κ3) is 7.29. The molecule has 21 heavy (non-hydrogen) atoms. The lowest BCUT2D eigenvalue weighted by molar-refractivity contribution is 0.0218. The van der Waals surface area contributed by atoms with Gasteiger partial charge in [-0.3, -0.25) is 0 Å². The van der Waals surface area contributed by atoms with Crippen LogP contribution in [0.4, 0.5) is 0 Å². The molecule has 0 heterocycles. The number of aliphatic hydroxyl groups excluding tert-OH is 1. The van der Waals surface area contributed by atoms with Gasteiger partial charge < -0.3 is 19.9 Å². The average Bonchev–Trinajstić information content (AvgIpc) is 3.32. The van der Waals surface area contributed by atoms with E-state index in [1.54, 1.807) is 18.9 Å². The van der Waals surface area contributed by atoms with Gasteiger partial charge in [0.1, 0.15) is 0 Å². The summed E-state index contributed by atoms with van der Waals surface area (Å²) in [6.07, 6.45) is 2.17. The molecule has 0 amide bonds. The van der Waals surface area contributed by atoms with Crippen LogP contribution in [0.5, 0.6) is 0 Å². The van der Waals surface area contributed by atoms with Gasteiger partial charge in [0.15, 0.2) is 0 Å². The number of methoxy groups -OCH3 is 1. The molecule has 1 aliphatic carbocycles. The second-order valence-electron chi connectivity index (χ2n) is 5.34. The van der Waals surface area contributed by atoms with Crippen molar-refractivity contribution in [2.45, 2.75) is 36.4 Å². The maximum Gasteiger partial charge on any atom is 0.0867 e. The van der Waals surface area contributed by atoms with E-state index in [0.717, 1.165) is 12.6 Å². The van der Waals surface area contributed by atoms with Crippen LogP contribution >= 0.6 is 11.8 Å². The minimum atomic E-state index is -0.444. The van der Waals surface area contributed by atoms with E-state index in [4.69, 9.17) is 9.47 Å². The van der Waals surface area contributed by atoms with Crippen LogP contribution in [0.1, 0.15) is 18.4 Å². The molecular weight excluding hydrogens is 286 g/mol. The molecule has 1 unspecified atom stereocenters. The maximum absolute atomic E-state index is 9.86. The molecule has 118 valence electrons. The minimum Gasteiger partial charge on any atom is -0.390 e. The van der Waals surface area contributed by atoms with Crippen molar-refractivity contribution in [2.24, 2.45) is 0 Å². The first kappa shape index (κ1) is 16.8. The first-order chi connectivity index (χ1) is 10.3. The second-order valence-corrected chi connectivity index (χ2v) is 6.43. The highest BCUT2D eigenvalue weighted by molar-refractivity contribution is 7.99. The molecule has 4 nitrogen and oxygen atoms in total. The summed E-state index contributed by atoms with van der Waals surface area (Å²) < 4.78 is 10.2. The summed E-state index contributed by atoms with van der Waals surface area (Å²) in [5.74, 6) is 0.645. The van der Waals surface area contributed by atoms with Crippen molar-refractivity contribution >= 4 is 11.8 Å². The van der Waals surface area contributed by atoms with Crippen LogP contribution in [-0.2, 0) is 16.0 Å². The molecule has 2 rings (SSSR count). The molecule has 5 heteroatoms. The molecule has 0 spiro atoms. The predicted molar refractivity (Wildman–Crippen MR) is 85.7 cm³/mol. The highest BCUT2D eigenvalue weighted by Crippen LogP contribution is 2.22. The van der Waals surface area contributed by atoms with Crippen molar-refractivity contribution in [2.75, 3.05) is 32.7 Å². The van der Waals surface area contributed by atoms with Crippen LogP contribution in [0.15, 0.2) is 29.2 Å². The van der Waals surface area contributed by atoms with Gasteiger partial charge in [0.2, 0.25) is 0 Å². The Bertz CT molecular complexity index is 412. The summed E-state index contributed by atoms with van der Waals surface area (Å²) in [7, 11) is 1.64. The molecule has 1 aromatic rings.